The molecule has 4 nitrogen and oxygen atoms in total. The number of H-pyrrole nitrogens is 1. The number of nitriles is 1. The van der Waals surface area contributed by atoms with E-state index in [1.165, 1.54) is 0 Å². The number of fused-ring (bicyclic) bond motifs is 1. The summed E-state index contributed by atoms with van der Waals surface area (Å²) in [7, 11) is 1.57. The predicted molar refractivity (Wildman–Crippen MR) is 52.0 cm³/mol. The summed E-state index contributed by atoms with van der Waals surface area (Å²) in [5.74, 6) is 0.566. The van der Waals surface area contributed by atoms with Crippen LogP contribution < -0.4 is 4.74 Å². The maximum Gasteiger partial charge on any atom is 0.213 e. The second kappa shape index (κ2) is 3.38. The van der Waals surface area contributed by atoms with Gasteiger partial charge in [0.15, 0.2) is 0 Å². The summed E-state index contributed by atoms with van der Waals surface area (Å²) in [6.45, 7) is 0. The van der Waals surface area contributed by atoms with Crippen LogP contribution in [0.15, 0.2) is 18.3 Å². The van der Waals surface area contributed by atoms with Gasteiger partial charge >= 0.3 is 0 Å². The van der Waals surface area contributed by atoms with Crippen molar-refractivity contribution < 1.29 is 4.74 Å². The van der Waals surface area contributed by atoms with Crippen molar-refractivity contribution in [2.24, 2.45) is 0 Å². The zero-order chi connectivity index (χ0) is 9.97. The first-order valence-electron chi connectivity index (χ1n) is 4.23. The number of aromatic nitrogens is 2. The molecule has 2 aromatic rings. The van der Waals surface area contributed by atoms with Gasteiger partial charge in [-0.3, -0.25) is 0 Å². The van der Waals surface area contributed by atoms with Crippen LogP contribution in [0.5, 0.6) is 5.88 Å². The summed E-state index contributed by atoms with van der Waals surface area (Å²) in [6, 6.07) is 5.78. The van der Waals surface area contributed by atoms with Gasteiger partial charge in [0.1, 0.15) is 0 Å². The molecule has 4 heteroatoms. The highest BCUT2D eigenvalue weighted by Gasteiger charge is 2.05. The van der Waals surface area contributed by atoms with Gasteiger partial charge in [-0.2, -0.15) is 5.26 Å². The van der Waals surface area contributed by atoms with Crippen molar-refractivity contribution in [2.45, 2.75) is 6.42 Å². The molecule has 0 fully saturated rings. The fourth-order valence-corrected chi connectivity index (χ4v) is 1.37. The molecule has 14 heavy (non-hydrogen) atoms. The minimum atomic E-state index is 0.361. The van der Waals surface area contributed by atoms with Gasteiger partial charge in [0.25, 0.3) is 0 Å². The van der Waals surface area contributed by atoms with E-state index in [2.05, 4.69) is 16.0 Å². The van der Waals surface area contributed by atoms with Crippen molar-refractivity contribution in [2.75, 3.05) is 7.11 Å². The Morgan fingerprint density at radius 3 is 3.14 bits per heavy atom. The van der Waals surface area contributed by atoms with Gasteiger partial charge in [-0.05, 0) is 6.07 Å². The molecule has 0 aliphatic carbocycles. The van der Waals surface area contributed by atoms with Gasteiger partial charge in [0, 0.05) is 17.8 Å². The molecule has 0 radical (unpaired) electrons. The molecule has 0 saturated carbocycles. The highest BCUT2D eigenvalue weighted by Crippen LogP contribution is 2.19. The van der Waals surface area contributed by atoms with E-state index in [-0.39, 0.29) is 0 Å². The number of rotatable bonds is 2. The Balaban J connectivity index is 2.59. The molecule has 0 amide bonds. The molecular weight excluding hydrogens is 178 g/mol. The molecule has 0 unspecified atom stereocenters. The van der Waals surface area contributed by atoms with Gasteiger partial charge in [-0.15, -0.1) is 0 Å². The summed E-state index contributed by atoms with van der Waals surface area (Å²) >= 11 is 0. The number of ether oxygens (including phenoxy) is 1. The molecule has 2 heterocycles. The van der Waals surface area contributed by atoms with E-state index in [0.29, 0.717) is 12.3 Å². The van der Waals surface area contributed by atoms with Crippen LogP contribution in [-0.4, -0.2) is 17.1 Å². The van der Waals surface area contributed by atoms with E-state index in [1.54, 1.807) is 19.4 Å². The van der Waals surface area contributed by atoms with Crippen LogP contribution in [-0.2, 0) is 6.42 Å². The molecular formula is C10H9N3O. The third-order valence-corrected chi connectivity index (χ3v) is 2.05. The van der Waals surface area contributed by atoms with Crippen molar-refractivity contribution in [3.63, 3.8) is 0 Å². The molecule has 0 bridgehead atoms. The van der Waals surface area contributed by atoms with Gasteiger partial charge < -0.3 is 9.72 Å². The Labute approximate surface area is 81.1 Å². The number of hydrogen-bond donors (Lipinski definition) is 1. The zero-order valence-electron chi connectivity index (χ0n) is 7.74. The van der Waals surface area contributed by atoms with E-state index in [9.17, 15) is 0 Å². The Morgan fingerprint density at radius 1 is 1.57 bits per heavy atom. The standard InChI is InChI=1S/C10H9N3O/c1-14-9-3-2-8-10(13-9)7(4-5-11)6-12-8/h2-3,6,12H,4H2,1H3. The molecule has 70 valence electrons. The van der Waals surface area contributed by atoms with Crippen molar-refractivity contribution in [1.82, 2.24) is 9.97 Å². The third-order valence-electron chi connectivity index (χ3n) is 2.05. The van der Waals surface area contributed by atoms with E-state index < -0.39 is 0 Å². The van der Waals surface area contributed by atoms with Crippen LogP contribution in [0.1, 0.15) is 5.56 Å². The zero-order valence-corrected chi connectivity index (χ0v) is 7.74. The quantitative estimate of drug-likeness (QED) is 0.777. The predicted octanol–water partition coefficient (Wildman–Crippen LogP) is 1.64. The minimum absolute atomic E-state index is 0.361. The number of nitrogens with one attached hydrogen (secondary N) is 1. The monoisotopic (exact) mass is 187 g/mol. The SMILES string of the molecule is COc1ccc2[nH]cc(CC#N)c2n1. The first kappa shape index (κ1) is 8.57. The molecule has 0 aliphatic heterocycles. The van der Waals surface area contributed by atoms with Crippen LogP contribution in [0, 0.1) is 11.3 Å². The lowest BCUT2D eigenvalue weighted by Gasteiger charge is -1.98. The summed E-state index contributed by atoms with van der Waals surface area (Å²) < 4.78 is 5.02. The average molecular weight is 187 g/mol. The van der Waals surface area contributed by atoms with Crippen LogP contribution in [0.4, 0.5) is 0 Å². The first-order valence-corrected chi connectivity index (χ1v) is 4.23. The van der Waals surface area contributed by atoms with Crippen LogP contribution in [0.25, 0.3) is 11.0 Å². The fourth-order valence-electron chi connectivity index (χ4n) is 1.37. The number of methoxy groups -OCH3 is 1. The maximum absolute atomic E-state index is 8.60. The first-order chi connectivity index (χ1) is 6.85. The molecule has 0 atom stereocenters. The van der Waals surface area contributed by atoms with E-state index >= 15 is 0 Å². The van der Waals surface area contributed by atoms with Crippen molar-refractivity contribution in [1.29, 1.82) is 5.26 Å². The molecule has 0 spiro atoms. The van der Waals surface area contributed by atoms with Crippen molar-refractivity contribution in [3.05, 3.63) is 23.9 Å². The van der Waals surface area contributed by atoms with Crippen LogP contribution >= 0.6 is 0 Å². The lowest BCUT2D eigenvalue weighted by Crippen LogP contribution is -1.88. The number of pyridine rings is 1. The molecule has 2 aromatic heterocycles. The Bertz CT molecular complexity index is 496. The summed E-state index contributed by atoms with van der Waals surface area (Å²) in [5.41, 5.74) is 2.64. The highest BCUT2D eigenvalue weighted by atomic mass is 16.5. The lowest BCUT2D eigenvalue weighted by atomic mass is 10.2. The van der Waals surface area contributed by atoms with Crippen molar-refractivity contribution in [3.8, 4) is 11.9 Å². The largest absolute Gasteiger partial charge is 0.481 e. The molecule has 2 rings (SSSR count). The van der Waals surface area contributed by atoms with Crippen molar-refractivity contribution >= 4 is 11.0 Å². The number of hydrogen-bond acceptors (Lipinski definition) is 3. The Morgan fingerprint density at radius 2 is 2.43 bits per heavy atom. The van der Waals surface area contributed by atoms with E-state index in [1.807, 2.05) is 6.07 Å². The van der Waals surface area contributed by atoms with Gasteiger partial charge in [-0.25, -0.2) is 4.98 Å². The average Bonchev–Trinajstić information content (AvgIpc) is 2.61. The smallest absolute Gasteiger partial charge is 0.213 e. The summed E-state index contributed by atoms with van der Waals surface area (Å²) in [5, 5.41) is 8.60. The normalized spacial score (nSPS) is 10.0. The third kappa shape index (κ3) is 1.29. The maximum atomic E-state index is 8.60. The summed E-state index contributed by atoms with van der Waals surface area (Å²) in [4.78, 5) is 7.32. The number of aromatic amines is 1. The van der Waals surface area contributed by atoms with E-state index in [4.69, 9.17) is 10.00 Å². The van der Waals surface area contributed by atoms with Crippen LogP contribution in [0.2, 0.25) is 0 Å². The van der Waals surface area contributed by atoms with Gasteiger partial charge in [0.05, 0.1) is 30.6 Å². The molecule has 1 N–H and O–H groups in total. The molecule has 0 aromatic carbocycles. The number of nitrogens with zero attached hydrogens (tertiary/aromatic N) is 2. The Hall–Kier alpha value is -2.02. The second-order valence-electron chi connectivity index (χ2n) is 2.90. The fraction of sp³-hybridized carbons (Fsp3) is 0.200. The minimum Gasteiger partial charge on any atom is -0.481 e. The topological polar surface area (TPSA) is 61.7 Å². The lowest BCUT2D eigenvalue weighted by molar-refractivity contribution is 0.399. The Kier molecular flexibility index (Phi) is 2.07. The highest BCUT2D eigenvalue weighted by molar-refractivity contribution is 5.79. The molecule has 0 aliphatic rings. The van der Waals surface area contributed by atoms with E-state index in [0.717, 1.165) is 16.6 Å². The van der Waals surface area contributed by atoms with Gasteiger partial charge in [-0.1, -0.05) is 0 Å². The van der Waals surface area contributed by atoms with Gasteiger partial charge in [0.2, 0.25) is 5.88 Å². The molecule has 0 saturated heterocycles. The second-order valence-corrected chi connectivity index (χ2v) is 2.90. The summed E-state index contributed by atoms with van der Waals surface area (Å²) in [6.07, 6.45) is 2.17. The van der Waals surface area contributed by atoms with Crippen LogP contribution in [0.3, 0.4) is 0 Å².